The summed E-state index contributed by atoms with van der Waals surface area (Å²) in [5, 5.41) is 9.22. The van der Waals surface area contributed by atoms with E-state index in [0.29, 0.717) is 36.5 Å². The summed E-state index contributed by atoms with van der Waals surface area (Å²) >= 11 is 5.73. The summed E-state index contributed by atoms with van der Waals surface area (Å²) in [5.74, 6) is -1.40. The van der Waals surface area contributed by atoms with Crippen LogP contribution < -0.4 is 5.32 Å². The molecule has 0 aliphatic carbocycles. The topological polar surface area (TPSA) is 95.2 Å². The second-order valence-corrected chi connectivity index (χ2v) is 8.87. The SMILES string of the molecule is Cc1n[nH]c(C)c1S(=O)(=O)N1CCCC(C(=O)Nc2ccc(F)c(Cl)c2)C1. The second kappa shape index (κ2) is 7.57. The predicted octanol–water partition coefficient (Wildman–Crippen LogP) is 2.86. The Balaban J connectivity index is 1.75. The number of sulfonamides is 1. The van der Waals surface area contributed by atoms with Crippen LogP contribution in [0, 0.1) is 25.6 Å². The minimum absolute atomic E-state index is 0.0765. The number of nitrogens with zero attached hydrogens (tertiary/aromatic N) is 2. The molecule has 1 aliphatic heterocycles. The molecule has 146 valence electrons. The van der Waals surface area contributed by atoms with Crippen LogP contribution in [0.5, 0.6) is 0 Å². The van der Waals surface area contributed by atoms with Crippen molar-refractivity contribution < 1.29 is 17.6 Å². The fourth-order valence-electron chi connectivity index (χ4n) is 3.24. The summed E-state index contributed by atoms with van der Waals surface area (Å²) in [4.78, 5) is 12.7. The number of aryl methyl sites for hydroxylation is 2. The number of halogens is 2. The van der Waals surface area contributed by atoms with Crippen LogP contribution in [-0.2, 0) is 14.8 Å². The van der Waals surface area contributed by atoms with Gasteiger partial charge in [0.1, 0.15) is 10.7 Å². The van der Waals surface area contributed by atoms with E-state index in [9.17, 15) is 17.6 Å². The highest BCUT2D eigenvalue weighted by atomic mass is 35.5. The van der Waals surface area contributed by atoms with Crippen LogP contribution in [0.4, 0.5) is 10.1 Å². The largest absolute Gasteiger partial charge is 0.326 e. The molecule has 1 atom stereocenters. The Bertz CT molecular complexity index is 957. The lowest BCUT2D eigenvalue weighted by molar-refractivity contribution is -0.120. The fourth-order valence-corrected chi connectivity index (χ4v) is 5.28. The van der Waals surface area contributed by atoms with Gasteiger partial charge in [-0.2, -0.15) is 9.40 Å². The van der Waals surface area contributed by atoms with E-state index in [4.69, 9.17) is 11.6 Å². The third kappa shape index (κ3) is 3.99. The number of carbonyl (C=O) groups is 1. The molecule has 3 rings (SSSR count). The molecule has 2 heterocycles. The van der Waals surface area contributed by atoms with Crippen LogP contribution in [0.3, 0.4) is 0 Å². The zero-order valence-electron chi connectivity index (χ0n) is 14.9. The second-order valence-electron chi connectivity index (χ2n) is 6.58. The number of aromatic amines is 1. The number of rotatable bonds is 4. The Kier molecular flexibility index (Phi) is 5.55. The first-order valence-electron chi connectivity index (χ1n) is 8.47. The molecule has 0 saturated carbocycles. The van der Waals surface area contributed by atoms with Crippen LogP contribution in [0.15, 0.2) is 23.1 Å². The van der Waals surface area contributed by atoms with Crippen LogP contribution in [-0.4, -0.2) is 41.9 Å². The fraction of sp³-hybridized carbons (Fsp3) is 0.412. The van der Waals surface area contributed by atoms with E-state index >= 15 is 0 Å². The number of benzene rings is 1. The lowest BCUT2D eigenvalue weighted by Gasteiger charge is -2.31. The predicted molar refractivity (Wildman–Crippen MR) is 99.6 cm³/mol. The summed E-state index contributed by atoms with van der Waals surface area (Å²) < 4.78 is 40.5. The Hall–Kier alpha value is -1.97. The van der Waals surface area contributed by atoms with E-state index in [1.807, 2.05) is 0 Å². The quantitative estimate of drug-likeness (QED) is 0.804. The van der Waals surface area contributed by atoms with E-state index in [-0.39, 0.29) is 22.4 Å². The van der Waals surface area contributed by atoms with Gasteiger partial charge in [-0.3, -0.25) is 9.89 Å². The van der Waals surface area contributed by atoms with Gasteiger partial charge in [0.2, 0.25) is 15.9 Å². The Morgan fingerprint density at radius 2 is 2.15 bits per heavy atom. The van der Waals surface area contributed by atoms with Crippen LogP contribution in [0.2, 0.25) is 5.02 Å². The van der Waals surface area contributed by atoms with Crippen LogP contribution >= 0.6 is 11.6 Å². The molecule has 1 amide bonds. The molecule has 1 unspecified atom stereocenters. The summed E-state index contributed by atoms with van der Waals surface area (Å²) in [5.41, 5.74) is 1.24. The monoisotopic (exact) mass is 414 g/mol. The molecule has 1 aromatic carbocycles. The first-order chi connectivity index (χ1) is 12.7. The van der Waals surface area contributed by atoms with Gasteiger partial charge in [-0.15, -0.1) is 0 Å². The molecule has 1 aromatic heterocycles. The van der Waals surface area contributed by atoms with Crippen molar-refractivity contribution in [3.8, 4) is 0 Å². The van der Waals surface area contributed by atoms with Crippen molar-refractivity contribution >= 4 is 33.2 Å². The molecule has 0 spiro atoms. The lowest BCUT2D eigenvalue weighted by atomic mass is 9.99. The van der Waals surface area contributed by atoms with E-state index in [1.165, 1.54) is 22.5 Å². The number of amides is 1. The summed E-state index contributed by atoms with van der Waals surface area (Å²) in [6.45, 7) is 3.70. The molecule has 0 bridgehead atoms. The number of H-pyrrole nitrogens is 1. The molecule has 0 radical (unpaired) electrons. The molecule has 7 nitrogen and oxygen atoms in total. The van der Waals surface area contributed by atoms with Gasteiger partial charge in [-0.1, -0.05) is 11.6 Å². The Labute approximate surface area is 162 Å². The van der Waals surface area contributed by atoms with Crippen LogP contribution in [0.25, 0.3) is 0 Å². The number of piperidine rings is 1. The lowest BCUT2D eigenvalue weighted by Crippen LogP contribution is -2.43. The number of anilines is 1. The van der Waals surface area contributed by atoms with E-state index in [1.54, 1.807) is 13.8 Å². The smallest absolute Gasteiger partial charge is 0.246 e. The minimum Gasteiger partial charge on any atom is -0.326 e. The highest BCUT2D eigenvalue weighted by Gasteiger charge is 2.35. The molecule has 2 aromatic rings. The summed E-state index contributed by atoms with van der Waals surface area (Å²) in [7, 11) is -3.74. The normalized spacial score (nSPS) is 18.4. The molecule has 1 saturated heterocycles. The van der Waals surface area contributed by atoms with Gasteiger partial charge in [0.25, 0.3) is 0 Å². The minimum atomic E-state index is -3.74. The maximum absolute atomic E-state index is 13.2. The molecule has 2 N–H and O–H groups in total. The third-order valence-electron chi connectivity index (χ3n) is 4.60. The van der Waals surface area contributed by atoms with Crippen molar-refractivity contribution in [3.05, 3.63) is 40.4 Å². The highest BCUT2D eigenvalue weighted by Crippen LogP contribution is 2.28. The Morgan fingerprint density at radius 1 is 1.41 bits per heavy atom. The molecule has 1 aliphatic rings. The van der Waals surface area contributed by atoms with E-state index < -0.39 is 21.8 Å². The van der Waals surface area contributed by atoms with Crippen molar-refractivity contribution in [2.24, 2.45) is 5.92 Å². The Morgan fingerprint density at radius 3 is 2.78 bits per heavy atom. The molecule has 10 heteroatoms. The van der Waals surface area contributed by atoms with Gasteiger partial charge in [0.15, 0.2) is 0 Å². The molecule has 1 fully saturated rings. The number of hydrogen-bond acceptors (Lipinski definition) is 4. The van der Waals surface area contributed by atoms with Gasteiger partial charge in [0, 0.05) is 18.8 Å². The summed E-state index contributed by atoms with van der Waals surface area (Å²) in [6, 6.07) is 3.90. The van der Waals surface area contributed by atoms with E-state index in [0.717, 1.165) is 0 Å². The first kappa shape index (κ1) is 19.8. The maximum atomic E-state index is 13.2. The van der Waals surface area contributed by atoms with Crippen molar-refractivity contribution in [1.82, 2.24) is 14.5 Å². The van der Waals surface area contributed by atoms with Crippen molar-refractivity contribution in [2.75, 3.05) is 18.4 Å². The molecular weight excluding hydrogens is 395 g/mol. The van der Waals surface area contributed by atoms with Gasteiger partial charge < -0.3 is 5.32 Å². The first-order valence-corrected chi connectivity index (χ1v) is 10.3. The van der Waals surface area contributed by atoms with Crippen LogP contribution in [0.1, 0.15) is 24.2 Å². The third-order valence-corrected chi connectivity index (χ3v) is 7.02. The highest BCUT2D eigenvalue weighted by molar-refractivity contribution is 7.89. The standard InChI is InChI=1S/C17H20ClFN4O3S/c1-10-16(11(2)22-21-10)27(25,26)23-7-3-4-12(9-23)17(24)20-13-5-6-15(19)14(18)8-13/h5-6,8,12H,3-4,7,9H2,1-2H3,(H,20,24)(H,21,22). The van der Waals surface area contributed by atoms with E-state index in [2.05, 4.69) is 15.5 Å². The molecular formula is C17H20ClFN4O3S. The van der Waals surface area contributed by atoms with Gasteiger partial charge >= 0.3 is 0 Å². The van der Waals surface area contributed by atoms with Crippen molar-refractivity contribution in [3.63, 3.8) is 0 Å². The summed E-state index contributed by atoms with van der Waals surface area (Å²) in [6.07, 6.45) is 1.13. The average Bonchev–Trinajstić information content (AvgIpc) is 2.97. The number of carbonyl (C=O) groups excluding carboxylic acids is 1. The number of nitrogens with one attached hydrogen (secondary N) is 2. The molecule has 27 heavy (non-hydrogen) atoms. The zero-order valence-corrected chi connectivity index (χ0v) is 16.5. The van der Waals surface area contributed by atoms with Crippen molar-refractivity contribution in [1.29, 1.82) is 0 Å². The van der Waals surface area contributed by atoms with Gasteiger partial charge in [0.05, 0.1) is 22.3 Å². The average molecular weight is 415 g/mol. The van der Waals surface area contributed by atoms with Gasteiger partial charge in [-0.25, -0.2) is 12.8 Å². The van der Waals surface area contributed by atoms with Gasteiger partial charge in [-0.05, 0) is 44.9 Å². The number of hydrogen-bond donors (Lipinski definition) is 2. The maximum Gasteiger partial charge on any atom is 0.246 e. The zero-order chi connectivity index (χ0) is 19.8. The van der Waals surface area contributed by atoms with Crippen molar-refractivity contribution in [2.45, 2.75) is 31.6 Å². The number of aromatic nitrogens is 2.